The van der Waals surface area contributed by atoms with E-state index in [4.69, 9.17) is 5.73 Å². The molecule has 0 saturated carbocycles. The van der Waals surface area contributed by atoms with E-state index in [1.54, 1.807) is 24.5 Å². The highest BCUT2D eigenvalue weighted by atomic mass is 19.3. The minimum Gasteiger partial charge on any atom is -0.435 e. The van der Waals surface area contributed by atoms with E-state index in [0.717, 1.165) is 11.1 Å². The highest BCUT2D eigenvalue weighted by molar-refractivity contribution is 5.31. The maximum absolute atomic E-state index is 12.1. The van der Waals surface area contributed by atoms with Gasteiger partial charge in [-0.25, -0.2) is 0 Å². The Balaban J connectivity index is 2.08. The zero-order valence-electron chi connectivity index (χ0n) is 10.2. The van der Waals surface area contributed by atoms with Gasteiger partial charge in [0.05, 0.1) is 0 Å². The summed E-state index contributed by atoms with van der Waals surface area (Å²) in [4.78, 5) is 4.01. The lowest BCUT2D eigenvalue weighted by atomic mass is 10.0. The molecule has 2 N–H and O–H groups in total. The minimum atomic E-state index is -2.83. The van der Waals surface area contributed by atoms with E-state index in [-0.39, 0.29) is 11.8 Å². The van der Waals surface area contributed by atoms with Gasteiger partial charge in [-0.2, -0.15) is 8.78 Å². The number of ether oxygens (including phenoxy) is 1. The lowest BCUT2D eigenvalue weighted by Gasteiger charge is -2.13. The SMILES string of the molecule is NC(Cc1cccnc1)c1cccc(OC(F)F)c1. The predicted molar refractivity (Wildman–Crippen MR) is 67.9 cm³/mol. The molecule has 0 aliphatic heterocycles. The van der Waals surface area contributed by atoms with E-state index in [0.29, 0.717) is 6.42 Å². The summed E-state index contributed by atoms with van der Waals surface area (Å²) in [5, 5.41) is 0. The third-order valence-corrected chi connectivity index (χ3v) is 2.69. The summed E-state index contributed by atoms with van der Waals surface area (Å²) in [6, 6.07) is 9.92. The fourth-order valence-electron chi connectivity index (χ4n) is 1.81. The van der Waals surface area contributed by atoms with Crippen molar-refractivity contribution in [1.29, 1.82) is 0 Å². The van der Waals surface area contributed by atoms with Gasteiger partial charge in [0.1, 0.15) is 5.75 Å². The summed E-state index contributed by atoms with van der Waals surface area (Å²) in [6.07, 6.45) is 4.01. The second-order valence-corrected chi connectivity index (χ2v) is 4.12. The molecule has 1 heterocycles. The molecular weight excluding hydrogens is 250 g/mol. The molecule has 0 radical (unpaired) electrons. The zero-order valence-corrected chi connectivity index (χ0v) is 10.2. The molecule has 3 nitrogen and oxygen atoms in total. The second-order valence-electron chi connectivity index (χ2n) is 4.12. The normalized spacial score (nSPS) is 12.4. The Morgan fingerprint density at radius 3 is 2.74 bits per heavy atom. The van der Waals surface area contributed by atoms with Crippen LogP contribution < -0.4 is 10.5 Å². The molecule has 1 unspecified atom stereocenters. The number of aromatic nitrogens is 1. The van der Waals surface area contributed by atoms with Gasteiger partial charge in [-0.05, 0) is 35.7 Å². The first-order valence-electron chi connectivity index (χ1n) is 5.84. The molecule has 1 aromatic heterocycles. The fraction of sp³-hybridized carbons (Fsp3) is 0.214. The number of pyridine rings is 1. The largest absolute Gasteiger partial charge is 0.435 e. The molecule has 0 bridgehead atoms. The van der Waals surface area contributed by atoms with Crippen LogP contribution in [0.15, 0.2) is 48.8 Å². The number of halogens is 2. The van der Waals surface area contributed by atoms with Crippen molar-refractivity contribution >= 4 is 0 Å². The van der Waals surface area contributed by atoms with Gasteiger partial charge in [0.25, 0.3) is 0 Å². The van der Waals surface area contributed by atoms with E-state index in [2.05, 4.69) is 9.72 Å². The Hall–Kier alpha value is -2.01. The average molecular weight is 264 g/mol. The Kier molecular flexibility index (Phi) is 4.41. The lowest BCUT2D eigenvalue weighted by molar-refractivity contribution is -0.0498. The van der Waals surface area contributed by atoms with Gasteiger partial charge < -0.3 is 10.5 Å². The third kappa shape index (κ3) is 3.99. The second kappa shape index (κ2) is 6.24. The van der Waals surface area contributed by atoms with Gasteiger partial charge in [-0.3, -0.25) is 4.98 Å². The minimum absolute atomic E-state index is 0.120. The van der Waals surface area contributed by atoms with E-state index in [1.165, 1.54) is 12.1 Å². The van der Waals surface area contributed by atoms with Gasteiger partial charge in [0, 0.05) is 18.4 Å². The number of nitrogens with two attached hydrogens (primary N) is 1. The Morgan fingerprint density at radius 1 is 1.21 bits per heavy atom. The first kappa shape index (κ1) is 13.4. The van der Waals surface area contributed by atoms with Crippen LogP contribution in [0, 0.1) is 0 Å². The molecule has 0 spiro atoms. The molecule has 0 amide bonds. The van der Waals surface area contributed by atoms with Crippen LogP contribution in [0.4, 0.5) is 8.78 Å². The summed E-state index contributed by atoms with van der Waals surface area (Å²) < 4.78 is 28.6. The number of rotatable bonds is 5. The molecule has 2 rings (SSSR count). The quantitative estimate of drug-likeness (QED) is 0.903. The van der Waals surface area contributed by atoms with Crippen LogP contribution >= 0.6 is 0 Å². The Morgan fingerprint density at radius 2 is 2.05 bits per heavy atom. The van der Waals surface area contributed by atoms with Gasteiger partial charge in [-0.1, -0.05) is 18.2 Å². The monoisotopic (exact) mass is 264 g/mol. The van der Waals surface area contributed by atoms with E-state index < -0.39 is 6.61 Å². The number of benzene rings is 1. The van der Waals surface area contributed by atoms with Gasteiger partial charge in [0.15, 0.2) is 0 Å². The molecular formula is C14H14F2N2O. The molecule has 0 fully saturated rings. The van der Waals surface area contributed by atoms with Crippen LogP contribution in [0.3, 0.4) is 0 Å². The van der Waals surface area contributed by atoms with Crippen LogP contribution in [0.25, 0.3) is 0 Å². The van der Waals surface area contributed by atoms with E-state index in [9.17, 15) is 8.78 Å². The Bertz CT molecular complexity index is 520. The highest BCUT2D eigenvalue weighted by Gasteiger charge is 2.10. The van der Waals surface area contributed by atoms with E-state index >= 15 is 0 Å². The number of alkyl halides is 2. The molecule has 100 valence electrons. The molecule has 0 aliphatic rings. The molecule has 0 saturated heterocycles. The summed E-state index contributed by atoms with van der Waals surface area (Å²) in [5.74, 6) is 0.120. The Labute approximate surface area is 110 Å². The number of nitrogens with zero attached hydrogens (tertiary/aromatic N) is 1. The molecule has 5 heteroatoms. The fourth-order valence-corrected chi connectivity index (χ4v) is 1.81. The first-order chi connectivity index (χ1) is 9.15. The van der Waals surface area contributed by atoms with Gasteiger partial charge >= 0.3 is 6.61 Å². The molecule has 1 atom stereocenters. The van der Waals surface area contributed by atoms with Crippen LogP contribution in [0.1, 0.15) is 17.2 Å². The van der Waals surface area contributed by atoms with Crippen LogP contribution in [-0.4, -0.2) is 11.6 Å². The summed E-state index contributed by atoms with van der Waals surface area (Å²) in [7, 11) is 0. The maximum atomic E-state index is 12.1. The molecule has 2 aromatic rings. The van der Waals surface area contributed by atoms with E-state index in [1.807, 2.05) is 12.1 Å². The van der Waals surface area contributed by atoms with Crippen LogP contribution in [0.2, 0.25) is 0 Å². The van der Waals surface area contributed by atoms with Crippen molar-refractivity contribution in [2.24, 2.45) is 5.73 Å². The summed E-state index contributed by atoms with van der Waals surface area (Å²) in [6.45, 7) is -2.83. The highest BCUT2D eigenvalue weighted by Crippen LogP contribution is 2.21. The molecule has 0 aliphatic carbocycles. The van der Waals surface area contributed by atoms with Crippen molar-refractivity contribution in [3.05, 3.63) is 59.9 Å². The van der Waals surface area contributed by atoms with Gasteiger partial charge in [0.2, 0.25) is 0 Å². The van der Waals surface area contributed by atoms with Crippen LogP contribution in [0.5, 0.6) is 5.75 Å². The van der Waals surface area contributed by atoms with Crippen molar-refractivity contribution in [3.63, 3.8) is 0 Å². The number of hydrogen-bond acceptors (Lipinski definition) is 3. The number of hydrogen-bond donors (Lipinski definition) is 1. The lowest BCUT2D eigenvalue weighted by Crippen LogP contribution is -2.13. The topological polar surface area (TPSA) is 48.1 Å². The zero-order chi connectivity index (χ0) is 13.7. The van der Waals surface area contributed by atoms with Gasteiger partial charge in [-0.15, -0.1) is 0 Å². The standard InChI is InChI=1S/C14H14F2N2O/c15-14(16)19-12-5-1-4-11(8-12)13(17)7-10-3-2-6-18-9-10/h1-6,8-9,13-14H,7,17H2. The van der Waals surface area contributed by atoms with Crippen molar-refractivity contribution in [2.45, 2.75) is 19.1 Å². The third-order valence-electron chi connectivity index (χ3n) is 2.69. The average Bonchev–Trinajstić information content (AvgIpc) is 2.39. The summed E-state index contributed by atoms with van der Waals surface area (Å²) in [5.41, 5.74) is 7.80. The van der Waals surface area contributed by atoms with Crippen molar-refractivity contribution in [2.75, 3.05) is 0 Å². The van der Waals surface area contributed by atoms with Crippen LogP contribution in [-0.2, 0) is 6.42 Å². The molecule has 19 heavy (non-hydrogen) atoms. The smallest absolute Gasteiger partial charge is 0.387 e. The predicted octanol–water partition coefficient (Wildman–Crippen LogP) is 2.93. The molecule has 1 aromatic carbocycles. The van der Waals surface area contributed by atoms with Crippen molar-refractivity contribution < 1.29 is 13.5 Å². The maximum Gasteiger partial charge on any atom is 0.387 e. The first-order valence-corrected chi connectivity index (χ1v) is 5.84. The van der Waals surface area contributed by atoms with Crippen molar-refractivity contribution in [1.82, 2.24) is 4.98 Å². The van der Waals surface area contributed by atoms with Crippen molar-refractivity contribution in [3.8, 4) is 5.75 Å². The summed E-state index contributed by atoms with van der Waals surface area (Å²) >= 11 is 0.